The summed E-state index contributed by atoms with van der Waals surface area (Å²) in [5.74, 6) is -0.825. The second-order valence-electron chi connectivity index (χ2n) is 4.78. The molecule has 118 valence electrons. The molecule has 22 heavy (non-hydrogen) atoms. The number of carbonyl (C=O) groups is 3. The maximum absolute atomic E-state index is 11.8. The van der Waals surface area contributed by atoms with E-state index in [-0.39, 0.29) is 23.9 Å². The number of nitrogens with one attached hydrogen (secondary N) is 2. The van der Waals surface area contributed by atoms with Gasteiger partial charge in [0.1, 0.15) is 0 Å². The van der Waals surface area contributed by atoms with Crippen LogP contribution in [0.1, 0.15) is 30.6 Å². The number of Topliss-reactive ketones (excluding diaryl/α,β-unsaturated/α-hetero) is 1. The van der Waals surface area contributed by atoms with Gasteiger partial charge < -0.3 is 15.7 Å². The third-order valence-corrected chi connectivity index (χ3v) is 2.89. The van der Waals surface area contributed by atoms with Gasteiger partial charge in [-0.2, -0.15) is 0 Å². The lowest BCUT2D eigenvalue weighted by Crippen LogP contribution is -2.26. The van der Waals surface area contributed by atoms with Crippen molar-refractivity contribution >= 4 is 23.3 Å². The maximum Gasteiger partial charge on any atom is 0.248 e. The van der Waals surface area contributed by atoms with Gasteiger partial charge in [0.05, 0.1) is 0 Å². The van der Waals surface area contributed by atoms with Gasteiger partial charge in [-0.1, -0.05) is 0 Å². The highest BCUT2D eigenvalue weighted by Gasteiger charge is 2.07. The molecule has 0 aromatic heterocycles. The fraction of sp³-hybridized carbons (Fsp3) is 0.312. The zero-order chi connectivity index (χ0) is 16.5. The zero-order valence-corrected chi connectivity index (χ0v) is 12.7. The Morgan fingerprint density at radius 1 is 1.14 bits per heavy atom. The highest BCUT2D eigenvalue weighted by atomic mass is 16.3. The topological polar surface area (TPSA) is 95.5 Å². The molecule has 1 rings (SSSR count). The first-order valence-electron chi connectivity index (χ1n) is 6.93. The van der Waals surface area contributed by atoms with Gasteiger partial charge in [-0.25, -0.2) is 0 Å². The Kier molecular flexibility index (Phi) is 6.98. The van der Waals surface area contributed by atoms with Gasteiger partial charge in [-0.3, -0.25) is 14.4 Å². The number of anilines is 1. The van der Waals surface area contributed by atoms with Gasteiger partial charge >= 0.3 is 0 Å². The summed E-state index contributed by atoms with van der Waals surface area (Å²) in [6.07, 6.45) is 1.67. The normalized spacial score (nSPS) is 11.0. The molecule has 0 aliphatic heterocycles. The molecule has 0 bridgehead atoms. The molecule has 0 unspecified atom stereocenters. The number of hydrogen-bond donors (Lipinski definition) is 3. The Balaban J connectivity index is 2.58. The van der Waals surface area contributed by atoms with Gasteiger partial charge in [0.25, 0.3) is 0 Å². The Bertz CT molecular complexity index is 576. The van der Waals surface area contributed by atoms with Crippen LogP contribution in [-0.2, 0) is 9.59 Å². The van der Waals surface area contributed by atoms with E-state index in [1.165, 1.54) is 19.9 Å². The Labute approximate surface area is 129 Å². The van der Waals surface area contributed by atoms with Crippen molar-refractivity contribution in [1.82, 2.24) is 5.32 Å². The van der Waals surface area contributed by atoms with Crippen molar-refractivity contribution < 1.29 is 19.5 Å². The van der Waals surface area contributed by atoms with Crippen LogP contribution in [0.15, 0.2) is 35.9 Å². The molecular formula is C16H20N2O4. The predicted molar refractivity (Wildman–Crippen MR) is 83.5 cm³/mol. The van der Waals surface area contributed by atoms with Crippen molar-refractivity contribution in [1.29, 1.82) is 0 Å². The first-order valence-corrected chi connectivity index (χ1v) is 6.93. The van der Waals surface area contributed by atoms with Crippen LogP contribution in [0.3, 0.4) is 0 Å². The molecule has 0 radical (unpaired) electrons. The summed E-state index contributed by atoms with van der Waals surface area (Å²) < 4.78 is 0. The number of hydrogen-bond acceptors (Lipinski definition) is 4. The largest absolute Gasteiger partial charge is 0.396 e. The summed E-state index contributed by atoms with van der Waals surface area (Å²) in [6, 6.07) is 6.49. The number of benzene rings is 1. The molecule has 6 heteroatoms. The molecule has 0 atom stereocenters. The highest BCUT2D eigenvalue weighted by Crippen LogP contribution is 2.10. The lowest BCUT2D eigenvalue weighted by Gasteiger charge is -2.05. The molecule has 6 nitrogen and oxygen atoms in total. The van der Waals surface area contributed by atoms with Crippen molar-refractivity contribution in [3.8, 4) is 0 Å². The first-order chi connectivity index (χ1) is 10.4. The number of amides is 2. The van der Waals surface area contributed by atoms with Crippen LogP contribution in [0.5, 0.6) is 0 Å². The summed E-state index contributed by atoms with van der Waals surface area (Å²) in [5.41, 5.74) is 1.38. The minimum absolute atomic E-state index is 0.000212. The average molecular weight is 304 g/mol. The van der Waals surface area contributed by atoms with Gasteiger partial charge in [-0.05, 0) is 44.5 Å². The van der Waals surface area contributed by atoms with Crippen LogP contribution in [-0.4, -0.2) is 35.9 Å². The smallest absolute Gasteiger partial charge is 0.248 e. The molecular weight excluding hydrogens is 284 g/mol. The minimum Gasteiger partial charge on any atom is -0.396 e. The Morgan fingerprint density at radius 3 is 2.32 bits per heavy atom. The van der Waals surface area contributed by atoms with E-state index in [1.807, 2.05) is 0 Å². The van der Waals surface area contributed by atoms with Gasteiger partial charge in [0, 0.05) is 36.1 Å². The highest BCUT2D eigenvalue weighted by molar-refractivity contribution is 6.06. The molecule has 0 heterocycles. The van der Waals surface area contributed by atoms with E-state index in [9.17, 15) is 14.4 Å². The first kappa shape index (κ1) is 17.6. The molecule has 0 fully saturated rings. The van der Waals surface area contributed by atoms with Crippen LogP contribution < -0.4 is 10.6 Å². The number of aliphatic hydroxyl groups is 1. The fourth-order valence-corrected chi connectivity index (χ4v) is 1.65. The molecule has 0 aliphatic carbocycles. The van der Waals surface area contributed by atoms with E-state index in [4.69, 9.17) is 5.11 Å². The quantitative estimate of drug-likeness (QED) is 0.401. The molecule has 0 spiro atoms. The third kappa shape index (κ3) is 5.88. The molecule has 2 amide bonds. The van der Waals surface area contributed by atoms with E-state index in [1.54, 1.807) is 24.3 Å². The van der Waals surface area contributed by atoms with Gasteiger partial charge in [-0.15, -0.1) is 0 Å². The van der Waals surface area contributed by atoms with Crippen LogP contribution in [0.2, 0.25) is 0 Å². The van der Waals surface area contributed by atoms with Crippen molar-refractivity contribution in [3.05, 3.63) is 41.5 Å². The SMILES string of the molecule is CC(=O)c1ccc(NC(=O)/C=C(/C)C(=O)NCCCO)cc1. The van der Waals surface area contributed by atoms with Crippen molar-refractivity contribution in [2.45, 2.75) is 20.3 Å². The second kappa shape index (κ2) is 8.74. The van der Waals surface area contributed by atoms with E-state index in [0.29, 0.717) is 24.2 Å². The van der Waals surface area contributed by atoms with Crippen LogP contribution in [0.25, 0.3) is 0 Å². The van der Waals surface area contributed by atoms with Crippen LogP contribution in [0.4, 0.5) is 5.69 Å². The van der Waals surface area contributed by atoms with Gasteiger partial charge in [0.15, 0.2) is 5.78 Å². The van der Waals surface area contributed by atoms with E-state index in [2.05, 4.69) is 10.6 Å². The van der Waals surface area contributed by atoms with E-state index < -0.39 is 5.91 Å². The molecule has 1 aromatic carbocycles. The Hall–Kier alpha value is -2.47. The predicted octanol–water partition coefficient (Wildman–Crippen LogP) is 1.27. The zero-order valence-electron chi connectivity index (χ0n) is 12.7. The summed E-state index contributed by atoms with van der Waals surface area (Å²) in [5, 5.41) is 13.8. The van der Waals surface area contributed by atoms with Crippen LogP contribution in [0, 0.1) is 0 Å². The molecule has 3 N–H and O–H groups in total. The molecule has 0 aliphatic rings. The molecule has 0 saturated carbocycles. The third-order valence-electron chi connectivity index (χ3n) is 2.89. The second-order valence-corrected chi connectivity index (χ2v) is 4.78. The maximum atomic E-state index is 11.8. The summed E-state index contributed by atoms with van der Waals surface area (Å²) >= 11 is 0. The standard InChI is InChI=1S/C16H20N2O4/c1-11(16(22)17-8-3-9-19)10-15(21)18-14-6-4-13(5-7-14)12(2)20/h4-7,10,19H,3,8-9H2,1-2H3,(H,17,22)(H,18,21)/b11-10-. The lowest BCUT2D eigenvalue weighted by molar-refractivity contribution is -0.118. The van der Waals surface area contributed by atoms with Crippen molar-refractivity contribution in [2.75, 3.05) is 18.5 Å². The number of ketones is 1. The van der Waals surface area contributed by atoms with Crippen LogP contribution >= 0.6 is 0 Å². The number of rotatable bonds is 7. The van der Waals surface area contributed by atoms with Crippen molar-refractivity contribution in [2.24, 2.45) is 0 Å². The number of carbonyl (C=O) groups excluding carboxylic acids is 3. The van der Waals surface area contributed by atoms with E-state index in [0.717, 1.165) is 0 Å². The summed E-state index contributed by atoms with van der Waals surface area (Å²) in [6.45, 7) is 3.36. The summed E-state index contributed by atoms with van der Waals surface area (Å²) in [7, 11) is 0. The minimum atomic E-state index is -0.426. The fourth-order valence-electron chi connectivity index (χ4n) is 1.65. The van der Waals surface area contributed by atoms with Gasteiger partial charge in [0.2, 0.25) is 11.8 Å². The monoisotopic (exact) mass is 304 g/mol. The van der Waals surface area contributed by atoms with Crippen molar-refractivity contribution in [3.63, 3.8) is 0 Å². The molecule has 1 aromatic rings. The number of aliphatic hydroxyl groups excluding tert-OH is 1. The lowest BCUT2D eigenvalue weighted by atomic mass is 10.1. The molecule has 0 saturated heterocycles. The Morgan fingerprint density at radius 2 is 1.77 bits per heavy atom. The van der Waals surface area contributed by atoms with E-state index >= 15 is 0 Å². The summed E-state index contributed by atoms with van der Waals surface area (Å²) in [4.78, 5) is 34.6. The average Bonchev–Trinajstić information content (AvgIpc) is 2.47.